The van der Waals surface area contributed by atoms with Gasteiger partial charge in [-0.2, -0.15) is 0 Å². The van der Waals surface area contributed by atoms with Crippen LogP contribution in [-0.4, -0.2) is 43.5 Å². The Hall–Kier alpha value is -0.670. The predicted octanol–water partition coefficient (Wildman–Crippen LogP) is 0.806. The van der Waals surface area contributed by atoms with Crippen molar-refractivity contribution < 1.29 is 14.2 Å². The predicted molar refractivity (Wildman–Crippen MR) is 70.4 cm³/mol. The van der Waals surface area contributed by atoms with Gasteiger partial charge in [0.15, 0.2) is 0 Å². The Bertz CT molecular complexity index is 383. The van der Waals surface area contributed by atoms with Crippen LogP contribution >= 0.6 is 22.6 Å². The van der Waals surface area contributed by atoms with Crippen LogP contribution in [0.15, 0.2) is 11.1 Å². The van der Waals surface area contributed by atoms with Crippen molar-refractivity contribution in [1.29, 1.82) is 0 Å². The molecule has 0 atom stereocenters. The van der Waals surface area contributed by atoms with Gasteiger partial charge in [-0.25, -0.2) is 4.98 Å². The maximum Gasteiger partial charge on any atom is 0.268 e. The molecular weight excluding hydrogens is 339 g/mol. The number of H-pyrrole nitrogens is 1. The lowest BCUT2D eigenvalue weighted by Crippen LogP contribution is -2.14. The molecular formula is C10H15IN2O4. The zero-order chi connectivity index (χ0) is 12.5. The van der Waals surface area contributed by atoms with E-state index in [9.17, 15) is 4.79 Å². The second-order valence-electron chi connectivity index (χ2n) is 3.16. The van der Waals surface area contributed by atoms with Crippen molar-refractivity contribution in [2.24, 2.45) is 0 Å². The van der Waals surface area contributed by atoms with Gasteiger partial charge in [0, 0.05) is 20.1 Å². The third-order valence-electron chi connectivity index (χ3n) is 1.87. The fourth-order valence-corrected chi connectivity index (χ4v) is 1.49. The van der Waals surface area contributed by atoms with E-state index in [-0.39, 0.29) is 5.56 Å². The number of rotatable bonds is 8. The van der Waals surface area contributed by atoms with Crippen LogP contribution in [0, 0.1) is 3.57 Å². The van der Waals surface area contributed by atoms with Gasteiger partial charge in [-0.05, 0) is 22.6 Å². The van der Waals surface area contributed by atoms with Crippen LogP contribution in [0.5, 0.6) is 5.88 Å². The van der Waals surface area contributed by atoms with E-state index in [1.54, 1.807) is 7.11 Å². The van der Waals surface area contributed by atoms with E-state index in [2.05, 4.69) is 9.97 Å². The number of nitrogens with one attached hydrogen (secondary N) is 1. The standard InChI is InChI=1S/C10H15IN2O4/c1-15-5-6-16-3-2-4-17-10-8(11)9(14)12-7-13-10/h7H,2-6H2,1H3,(H,12,13,14). The monoisotopic (exact) mass is 354 g/mol. The van der Waals surface area contributed by atoms with Crippen LogP contribution in [0.3, 0.4) is 0 Å². The van der Waals surface area contributed by atoms with Crippen molar-refractivity contribution >= 4 is 22.6 Å². The van der Waals surface area contributed by atoms with Crippen molar-refractivity contribution in [2.45, 2.75) is 6.42 Å². The summed E-state index contributed by atoms with van der Waals surface area (Å²) in [5.41, 5.74) is -0.188. The third-order valence-corrected chi connectivity index (χ3v) is 2.82. The molecule has 1 N–H and O–H groups in total. The van der Waals surface area contributed by atoms with Gasteiger partial charge in [0.25, 0.3) is 5.56 Å². The largest absolute Gasteiger partial charge is 0.477 e. The first-order valence-electron chi connectivity index (χ1n) is 5.18. The first-order chi connectivity index (χ1) is 8.25. The minimum Gasteiger partial charge on any atom is -0.477 e. The first kappa shape index (κ1) is 14.4. The van der Waals surface area contributed by atoms with Crippen molar-refractivity contribution in [3.05, 3.63) is 20.3 Å². The topological polar surface area (TPSA) is 73.4 Å². The van der Waals surface area contributed by atoms with Crippen LogP contribution in [0.1, 0.15) is 6.42 Å². The van der Waals surface area contributed by atoms with Crippen LogP contribution in [0.2, 0.25) is 0 Å². The molecule has 0 spiro atoms. The summed E-state index contributed by atoms with van der Waals surface area (Å²) in [4.78, 5) is 17.6. The van der Waals surface area contributed by atoms with Crippen molar-refractivity contribution in [3.63, 3.8) is 0 Å². The van der Waals surface area contributed by atoms with Gasteiger partial charge < -0.3 is 19.2 Å². The number of nitrogens with zero attached hydrogens (tertiary/aromatic N) is 1. The van der Waals surface area contributed by atoms with E-state index in [1.807, 2.05) is 22.6 Å². The Labute approximate surface area is 113 Å². The highest BCUT2D eigenvalue weighted by Gasteiger charge is 2.05. The van der Waals surface area contributed by atoms with Crippen LogP contribution in [-0.2, 0) is 9.47 Å². The summed E-state index contributed by atoms with van der Waals surface area (Å²) in [5.74, 6) is 0.367. The number of hydrogen-bond donors (Lipinski definition) is 1. The normalized spacial score (nSPS) is 10.5. The minimum atomic E-state index is -0.188. The number of aromatic amines is 1. The van der Waals surface area contributed by atoms with E-state index < -0.39 is 0 Å². The molecule has 6 nitrogen and oxygen atoms in total. The maximum atomic E-state index is 11.2. The van der Waals surface area contributed by atoms with Gasteiger partial charge in [-0.3, -0.25) is 4.79 Å². The van der Waals surface area contributed by atoms with Crippen LogP contribution in [0.4, 0.5) is 0 Å². The summed E-state index contributed by atoms with van der Waals surface area (Å²) in [5, 5.41) is 0. The van der Waals surface area contributed by atoms with Gasteiger partial charge in [-0.15, -0.1) is 0 Å². The Morgan fingerprint density at radius 1 is 1.35 bits per heavy atom. The molecule has 1 aromatic heterocycles. The van der Waals surface area contributed by atoms with Gasteiger partial charge >= 0.3 is 0 Å². The quantitative estimate of drug-likeness (QED) is 0.553. The molecule has 1 aromatic rings. The molecule has 0 aliphatic carbocycles. The SMILES string of the molecule is COCCOCCCOc1nc[nH]c(=O)c1I. The molecule has 0 saturated heterocycles. The fraction of sp³-hybridized carbons (Fsp3) is 0.600. The second-order valence-corrected chi connectivity index (χ2v) is 4.24. The average Bonchev–Trinajstić information content (AvgIpc) is 2.33. The number of ether oxygens (including phenoxy) is 3. The Balaban J connectivity index is 2.18. The van der Waals surface area contributed by atoms with Gasteiger partial charge in [0.2, 0.25) is 5.88 Å². The summed E-state index contributed by atoms with van der Waals surface area (Å²) in [6, 6.07) is 0. The zero-order valence-electron chi connectivity index (χ0n) is 9.57. The van der Waals surface area contributed by atoms with Gasteiger partial charge in [-0.1, -0.05) is 0 Å². The maximum absolute atomic E-state index is 11.2. The molecule has 7 heteroatoms. The smallest absolute Gasteiger partial charge is 0.268 e. The average molecular weight is 354 g/mol. The van der Waals surface area contributed by atoms with E-state index in [1.165, 1.54) is 6.33 Å². The van der Waals surface area contributed by atoms with Gasteiger partial charge in [0.1, 0.15) is 3.57 Å². The van der Waals surface area contributed by atoms with Crippen LogP contribution in [0.25, 0.3) is 0 Å². The number of methoxy groups -OCH3 is 1. The molecule has 0 bridgehead atoms. The molecule has 1 heterocycles. The first-order valence-corrected chi connectivity index (χ1v) is 6.26. The summed E-state index contributed by atoms with van der Waals surface area (Å²) in [6.45, 7) is 2.24. The number of hydrogen-bond acceptors (Lipinski definition) is 5. The lowest BCUT2D eigenvalue weighted by molar-refractivity contribution is 0.0641. The lowest BCUT2D eigenvalue weighted by atomic mass is 10.5. The zero-order valence-corrected chi connectivity index (χ0v) is 11.7. The van der Waals surface area contributed by atoms with Crippen molar-refractivity contribution in [3.8, 4) is 5.88 Å². The molecule has 0 unspecified atom stereocenters. The lowest BCUT2D eigenvalue weighted by Gasteiger charge is -2.06. The third kappa shape index (κ3) is 5.46. The van der Waals surface area contributed by atoms with E-state index in [0.717, 1.165) is 6.42 Å². The molecule has 17 heavy (non-hydrogen) atoms. The molecule has 0 aromatic carbocycles. The fourth-order valence-electron chi connectivity index (χ4n) is 1.04. The van der Waals surface area contributed by atoms with Crippen molar-refractivity contribution in [1.82, 2.24) is 9.97 Å². The molecule has 0 aliphatic rings. The van der Waals surface area contributed by atoms with Crippen LogP contribution < -0.4 is 10.3 Å². The second kappa shape index (κ2) is 8.43. The number of halogens is 1. The highest BCUT2D eigenvalue weighted by molar-refractivity contribution is 14.1. The molecule has 0 saturated carbocycles. The highest BCUT2D eigenvalue weighted by Crippen LogP contribution is 2.11. The Kier molecular flexibility index (Phi) is 7.13. The molecule has 0 radical (unpaired) electrons. The van der Waals surface area contributed by atoms with E-state index in [4.69, 9.17) is 14.2 Å². The summed E-state index contributed by atoms with van der Waals surface area (Å²) in [6.07, 6.45) is 2.07. The molecule has 0 fully saturated rings. The molecule has 0 amide bonds. The van der Waals surface area contributed by atoms with E-state index >= 15 is 0 Å². The van der Waals surface area contributed by atoms with Crippen molar-refractivity contribution in [2.75, 3.05) is 33.5 Å². The Morgan fingerprint density at radius 3 is 2.94 bits per heavy atom. The molecule has 0 aliphatic heterocycles. The number of aromatic nitrogens is 2. The van der Waals surface area contributed by atoms with Gasteiger partial charge in [0.05, 0.1) is 26.1 Å². The Morgan fingerprint density at radius 2 is 2.18 bits per heavy atom. The summed E-state index contributed by atoms with van der Waals surface area (Å²) >= 11 is 1.91. The summed E-state index contributed by atoms with van der Waals surface area (Å²) in [7, 11) is 1.63. The molecule has 1 rings (SSSR count). The minimum absolute atomic E-state index is 0.188. The van der Waals surface area contributed by atoms with E-state index in [0.29, 0.717) is 35.9 Å². The summed E-state index contributed by atoms with van der Waals surface area (Å²) < 4.78 is 15.9. The molecule has 96 valence electrons. The highest BCUT2D eigenvalue weighted by atomic mass is 127.